The first-order chi connectivity index (χ1) is 10.2. The van der Waals surface area contributed by atoms with E-state index < -0.39 is 0 Å². The Morgan fingerprint density at radius 2 is 2.19 bits per heavy atom. The molecule has 1 saturated heterocycles. The van der Waals surface area contributed by atoms with E-state index in [4.69, 9.17) is 0 Å². The molecule has 1 fully saturated rings. The third-order valence-corrected chi connectivity index (χ3v) is 3.55. The summed E-state index contributed by atoms with van der Waals surface area (Å²) in [7, 11) is 0. The average molecular weight is 287 g/mol. The highest BCUT2D eigenvalue weighted by molar-refractivity contribution is 5.93. The van der Waals surface area contributed by atoms with Gasteiger partial charge in [-0.3, -0.25) is 10.1 Å². The zero-order chi connectivity index (χ0) is 14.7. The highest BCUT2D eigenvalue weighted by Gasteiger charge is 2.22. The van der Waals surface area contributed by atoms with E-state index in [0.29, 0.717) is 37.3 Å². The SMILES string of the molecule is O=C(Nc1cn[nH]c1-c1ccccn1)N1CCC(O)CC1. The number of aromatic amines is 1. The molecular weight excluding hydrogens is 270 g/mol. The van der Waals surface area contributed by atoms with Gasteiger partial charge in [-0.15, -0.1) is 0 Å². The predicted molar refractivity (Wildman–Crippen MR) is 77.7 cm³/mol. The van der Waals surface area contributed by atoms with E-state index in [-0.39, 0.29) is 12.1 Å². The molecule has 0 spiro atoms. The number of carbonyl (C=O) groups is 1. The molecule has 0 atom stereocenters. The lowest BCUT2D eigenvalue weighted by Crippen LogP contribution is -2.42. The van der Waals surface area contributed by atoms with E-state index in [0.717, 1.165) is 5.69 Å². The second kappa shape index (κ2) is 5.92. The molecule has 0 saturated carbocycles. The summed E-state index contributed by atoms with van der Waals surface area (Å²) in [6.07, 6.45) is 4.19. The summed E-state index contributed by atoms with van der Waals surface area (Å²) < 4.78 is 0. The quantitative estimate of drug-likeness (QED) is 0.779. The molecular formula is C14H17N5O2. The summed E-state index contributed by atoms with van der Waals surface area (Å²) in [6, 6.07) is 5.37. The first-order valence-corrected chi connectivity index (χ1v) is 6.93. The van der Waals surface area contributed by atoms with Crippen LogP contribution < -0.4 is 5.32 Å². The normalized spacial score (nSPS) is 16.0. The third kappa shape index (κ3) is 3.03. The first-order valence-electron chi connectivity index (χ1n) is 6.93. The molecule has 110 valence electrons. The molecule has 2 amide bonds. The summed E-state index contributed by atoms with van der Waals surface area (Å²) in [4.78, 5) is 18.2. The Labute approximate surface area is 122 Å². The number of urea groups is 1. The van der Waals surface area contributed by atoms with Gasteiger partial charge >= 0.3 is 6.03 Å². The molecule has 21 heavy (non-hydrogen) atoms. The minimum Gasteiger partial charge on any atom is -0.393 e. The number of likely N-dealkylation sites (tertiary alicyclic amines) is 1. The molecule has 1 aliphatic rings. The maximum atomic E-state index is 12.2. The van der Waals surface area contributed by atoms with Crippen LogP contribution in [0.4, 0.5) is 10.5 Å². The monoisotopic (exact) mass is 287 g/mol. The Balaban J connectivity index is 1.71. The fourth-order valence-electron chi connectivity index (χ4n) is 2.35. The smallest absolute Gasteiger partial charge is 0.321 e. The highest BCUT2D eigenvalue weighted by atomic mass is 16.3. The van der Waals surface area contributed by atoms with Crippen LogP contribution in [-0.4, -0.2) is 50.4 Å². The van der Waals surface area contributed by atoms with E-state index in [1.54, 1.807) is 17.3 Å². The Morgan fingerprint density at radius 3 is 2.90 bits per heavy atom. The number of aliphatic hydroxyl groups excluding tert-OH is 1. The lowest BCUT2D eigenvalue weighted by molar-refractivity contribution is 0.0972. The topological polar surface area (TPSA) is 94.1 Å². The lowest BCUT2D eigenvalue weighted by atomic mass is 10.1. The molecule has 3 N–H and O–H groups in total. The number of carbonyl (C=O) groups excluding carboxylic acids is 1. The van der Waals surface area contributed by atoms with Gasteiger partial charge in [0.15, 0.2) is 0 Å². The number of H-pyrrole nitrogens is 1. The summed E-state index contributed by atoms with van der Waals surface area (Å²) in [5.41, 5.74) is 2.00. The van der Waals surface area contributed by atoms with Crippen LogP contribution in [0.2, 0.25) is 0 Å². The maximum absolute atomic E-state index is 12.2. The summed E-state index contributed by atoms with van der Waals surface area (Å²) in [5.74, 6) is 0. The molecule has 3 heterocycles. The average Bonchev–Trinajstić information content (AvgIpc) is 2.97. The second-order valence-corrected chi connectivity index (χ2v) is 5.02. The van der Waals surface area contributed by atoms with Crippen LogP contribution in [0.5, 0.6) is 0 Å². The number of pyridine rings is 1. The number of hydrogen-bond donors (Lipinski definition) is 3. The number of hydrogen-bond acceptors (Lipinski definition) is 4. The molecule has 3 rings (SSSR count). The number of nitrogens with one attached hydrogen (secondary N) is 2. The standard InChI is InChI=1S/C14H17N5O2/c20-10-4-7-19(8-5-10)14(21)17-12-9-16-18-13(12)11-3-1-2-6-15-11/h1-3,6,9-10,20H,4-5,7-8H2,(H,16,18)(H,17,21). The molecule has 2 aromatic heterocycles. The molecule has 1 aliphatic heterocycles. The lowest BCUT2D eigenvalue weighted by Gasteiger charge is -2.29. The van der Waals surface area contributed by atoms with Gasteiger partial charge < -0.3 is 15.3 Å². The maximum Gasteiger partial charge on any atom is 0.321 e. The zero-order valence-electron chi connectivity index (χ0n) is 11.5. The van der Waals surface area contributed by atoms with Gasteiger partial charge in [0.05, 0.1) is 23.7 Å². The molecule has 0 bridgehead atoms. The van der Waals surface area contributed by atoms with Gasteiger partial charge in [-0.1, -0.05) is 6.07 Å². The van der Waals surface area contributed by atoms with E-state index in [1.165, 1.54) is 0 Å². The van der Waals surface area contributed by atoms with Crippen LogP contribution in [0, 0.1) is 0 Å². The van der Waals surface area contributed by atoms with Crippen LogP contribution >= 0.6 is 0 Å². The Bertz CT molecular complexity index is 605. The summed E-state index contributed by atoms with van der Waals surface area (Å²) >= 11 is 0. The Kier molecular flexibility index (Phi) is 3.83. The Hall–Kier alpha value is -2.41. The molecule has 2 aromatic rings. The molecule has 7 nitrogen and oxygen atoms in total. The molecule has 0 radical (unpaired) electrons. The number of aliphatic hydroxyl groups is 1. The van der Waals surface area contributed by atoms with Gasteiger partial charge in [0.2, 0.25) is 0 Å². The van der Waals surface area contributed by atoms with Crippen molar-refractivity contribution in [2.75, 3.05) is 18.4 Å². The van der Waals surface area contributed by atoms with E-state index >= 15 is 0 Å². The number of aromatic nitrogens is 3. The number of amides is 2. The third-order valence-electron chi connectivity index (χ3n) is 3.55. The predicted octanol–water partition coefficient (Wildman–Crippen LogP) is 1.46. The van der Waals surface area contributed by atoms with Gasteiger partial charge in [-0.05, 0) is 25.0 Å². The number of nitrogens with zero attached hydrogens (tertiary/aromatic N) is 3. The first kappa shape index (κ1) is 13.6. The number of rotatable bonds is 2. The molecule has 0 aliphatic carbocycles. The number of piperidine rings is 1. The highest BCUT2D eigenvalue weighted by Crippen LogP contribution is 2.23. The van der Waals surface area contributed by atoms with Crippen molar-refractivity contribution < 1.29 is 9.90 Å². The van der Waals surface area contributed by atoms with Crippen LogP contribution in [-0.2, 0) is 0 Å². The minimum absolute atomic E-state index is 0.180. The molecule has 7 heteroatoms. The van der Waals surface area contributed by atoms with Crippen molar-refractivity contribution in [2.45, 2.75) is 18.9 Å². The van der Waals surface area contributed by atoms with Crippen molar-refractivity contribution in [3.63, 3.8) is 0 Å². The fraction of sp³-hybridized carbons (Fsp3) is 0.357. The number of anilines is 1. The van der Waals surface area contributed by atoms with Crippen LogP contribution in [0.25, 0.3) is 11.4 Å². The Morgan fingerprint density at radius 1 is 1.38 bits per heavy atom. The van der Waals surface area contributed by atoms with Crippen LogP contribution in [0.15, 0.2) is 30.6 Å². The van der Waals surface area contributed by atoms with E-state index in [9.17, 15) is 9.90 Å². The summed E-state index contributed by atoms with van der Waals surface area (Å²) in [6.45, 7) is 1.12. The van der Waals surface area contributed by atoms with Gasteiger partial charge in [-0.2, -0.15) is 5.10 Å². The second-order valence-electron chi connectivity index (χ2n) is 5.02. The van der Waals surface area contributed by atoms with Crippen molar-refractivity contribution in [1.82, 2.24) is 20.1 Å². The van der Waals surface area contributed by atoms with Gasteiger partial charge in [-0.25, -0.2) is 4.79 Å². The zero-order valence-corrected chi connectivity index (χ0v) is 11.5. The van der Waals surface area contributed by atoms with Crippen molar-refractivity contribution in [3.05, 3.63) is 30.6 Å². The largest absolute Gasteiger partial charge is 0.393 e. The molecule has 0 unspecified atom stereocenters. The van der Waals surface area contributed by atoms with Gasteiger partial charge in [0.1, 0.15) is 5.69 Å². The van der Waals surface area contributed by atoms with Crippen molar-refractivity contribution in [1.29, 1.82) is 0 Å². The van der Waals surface area contributed by atoms with Crippen molar-refractivity contribution in [2.24, 2.45) is 0 Å². The van der Waals surface area contributed by atoms with E-state index in [2.05, 4.69) is 20.5 Å². The van der Waals surface area contributed by atoms with Crippen molar-refractivity contribution >= 4 is 11.7 Å². The van der Waals surface area contributed by atoms with Crippen LogP contribution in [0.3, 0.4) is 0 Å². The fourth-order valence-corrected chi connectivity index (χ4v) is 2.35. The minimum atomic E-state index is -0.299. The van der Waals surface area contributed by atoms with E-state index in [1.807, 2.05) is 18.2 Å². The summed E-state index contributed by atoms with van der Waals surface area (Å²) in [5, 5.41) is 19.1. The van der Waals surface area contributed by atoms with Crippen molar-refractivity contribution in [3.8, 4) is 11.4 Å². The van der Waals surface area contributed by atoms with Crippen LogP contribution in [0.1, 0.15) is 12.8 Å². The molecule has 0 aromatic carbocycles. The van der Waals surface area contributed by atoms with Gasteiger partial charge in [0, 0.05) is 19.3 Å². The van der Waals surface area contributed by atoms with Gasteiger partial charge in [0.25, 0.3) is 0 Å².